The molecule has 7 nitrogen and oxygen atoms in total. The fourth-order valence-electron chi connectivity index (χ4n) is 1.57. The van der Waals surface area contributed by atoms with Crippen molar-refractivity contribution in [2.45, 2.75) is 17.9 Å². The number of methoxy groups -OCH3 is 1. The van der Waals surface area contributed by atoms with Gasteiger partial charge in [0.05, 0.1) is 17.9 Å². The molecular weight excluding hydrogens is 272 g/mol. The molecule has 0 bridgehead atoms. The van der Waals surface area contributed by atoms with Gasteiger partial charge in [0.2, 0.25) is 10.0 Å². The van der Waals surface area contributed by atoms with E-state index in [1.807, 2.05) is 0 Å². The fraction of sp³-hybridized carbons (Fsp3) is 0.364. The van der Waals surface area contributed by atoms with Crippen LogP contribution in [-0.4, -0.2) is 39.3 Å². The van der Waals surface area contributed by atoms with Crippen LogP contribution in [-0.2, 0) is 14.8 Å². The molecule has 0 aliphatic heterocycles. The molecule has 1 aromatic rings. The molecule has 8 heteroatoms. The third-order valence-electron chi connectivity index (χ3n) is 2.35. The van der Waals surface area contributed by atoms with Gasteiger partial charge < -0.3 is 15.2 Å². The van der Waals surface area contributed by atoms with Crippen LogP contribution < -0.4 is 10.5 Å². The number of carboxylic acids is 1. The normalized spacial score (nSPS) is 13.0. The number of carboxylic acid groups (broad SMARTS) is 1. The Morgan fingerprint density at radius 1 is 1.53 bits per heavy atom. The summed E-state index contributed by atoms with van der Waals surface area (Å²) in [6, 6.07) is 3.55. The summed E-state index contributed by atoms with van der Waals surface area (Å²) in [6.07, 6.45) is 0. The minimum Gasteiger partial charge on any atom is -0.478 e. The highest BCUT2D eigenvalue weighted by atomic mass is 32.2. The van der Waals surface area contributed by atoms with E-state index in [-0.39, 0.29) is 22.2 Å². The number of ether oxygens (including phenoxy) is 1. The van der Waals surface area contributed by atoms with E-state index in [2.05, 4.69) is 5.32 Å². The number of nitrogens with two attached hydrogens (primary N) is 1. The minimum absolute atomic E-state index is 0.144. The molecule has 0 aliphatic rings. The van der Waals surface area contributed by atoms with E-state index in [0.717, 1.165) is 6.07 Å². The van der Waals surface area contributed by atoms with Gasteiger partial charge >= 0.3 is 5.97 Å². The molecule has 1 atom stereocenters. The lowest BCUT2D eigenvalue weighted by atomic mass is 10.2. The number of sulfonamides is 1. The van der Waals surface area contributed by atoms with Crippen LogP contribution in [0.4, 0.5) is 5.69 Å². The molecule has 0 amide bonds. The first-order valence-electron chi connectivity index (χ1n) is 5.41. The van der Waals surface area contributed by atoms with Gasteiger partial charge in [-0.25, -0.2) is 18.4 Å². The summed E-state index contributed by atoms with van der Waals surface area (Å²) < 4.78 is 27.9. The quantitative estimate of drug-likeness (QED) is 0.700. The fourth-order valence-corrected chi connectivity index (χ4v) is 2.29. The summed E-state index contributed by atoms with van der Waals surface area (Å²) in [7, 11) is -2.50. The van der Waals surface area contributed by atoms with Gasteiger partial charge in [0, 0.05) is 13.2 Å². The zero-order valence-electron chi connectivity index (χ0n) is 10.6. The van der Waals surface area contributed by atoms with Gasteiger partial charge in [-0.1, -0.05) is 0 Å². The Labute approximate surface area is 111 Å². The van der Waals surface area contributed by atoms with Crippen molar-refractivity contribution in [2.75, 3.05) is 19.0 Å². The summed E-state index contributed by atoms with van der Waals surface area (Å²) in [6.45, 7) is 2.16. The van der Waals surface area contributed by atoms with Crippen LogP contribution in [0.5, 0.6) is 0 Å². The van der Waals surface area contributed by atoms with E-state index >= 15 is 0 Å². The van der Waals surface area contributed by atoms with Gasteiger partial charge in [-0.05, 0) is 25.1 Å². The zero-order valence-corrected chi connectivity index (χ0v) is 11.4. The first-order valence-corrected chi connectivity index (χ1v) is 6.96. The Balaban J connectivity index is 3.21. The number of primary sulfonamides is 1. The number of carbonyl (C=O) groups is 1. The van der Waals surface area contributed by atoms with Crippen molar-refractivity contribution in [3.63, 3.8) is 0 Å². The second-order valence-electron chi connectivity index (χ2n) is 4.06. The van der Waals surface area contributed by atoms with Crippen LogP contribution in [0.3, 0.4) is 0 Å². The summed E-state index contributed by atoms with van der Waals surface area (Å²) in [5, 5.41) is 16.8. The molecule has 0 saturated heterocycles. The monoisotopic (exact) mass is 288 g/mol. The highest BCUT2D eigenvalue weighted by Gasteiger charge is 2.18. The molecule has 0 aliphatic carbocycles. The standard InChI is InChI=1S/C11H16N2O5S/c1-7(6-18-2)13-9-4-3-8(11(14)15)5-10(9)19(12,16)17/h3-5,7,13H,6H2,1-2H3,(H,14,15)(H2,12,16,17)/t7-/m1/s1. The number of anilines is 1. The zero-order chi connectivity index (χ0) is 14.6. The maximum atomic E-state index is 11.5. The molecule has 1 aromatic carbocycles. The Morgan fingerprint density at radius 2 is 2.16 bits per heavy atom. The lowest BCUT2D eigenvalue weighted by molar-refractivity contribution is 0.0696. The molecule has 19 heavy (non-hydrogen) atoms. The number of nitrogens with one attached hydrogen (secondary N) is 1. The molecule has 0 radical (unpaired) electrons. The molecule has 0 saturated carbocycles. The van der Waals surface area contributed by atoms with E-state index < -0.39 is 16.0 Å². The third kappa shape index (κ3) is 4.19. The molecule has 1 rings (SSSR count). The van der Waals surface area contributed by atoms with Crippen molar-refractivity contribution >= 4 is 21.7 Å². The topological polar surface area (TPSA) is 119 Å². The van der Waals surface area contributed by atoms with Gasteiger partial charge in [-0.3, -0.25) is 0 Å². The van der Waals surface area contributed by atoms with Crippen LogP contribution >= 0.6 is 0 Å². The highest BCUT2D eigenvalue weighted by molar-refractivity contribution is 7.89. The second-order valence-corrected chi connectivity index (χ2v) is 5.59. The minimum atomic E-state index is -4.02. The lowest BCUT2D eigenvalue weighted by Gasteiger charge is -2.17. The predicted molar refractivity (Wildman–Crippen MR) is 69.7 cm³/mol. The van der Waals surface area contributed by atoms with Gasteiger partial charge in [0.25, 0.3) is 0 Å². The highest BCUT2D eigenvalue weighted by Crippen LogP contribution is 2.22. The lowest BCUT2D eigenvalue weighted by Crippen LogP contribution is -2.23. The van der Waals surface area contributed by atoms with E-state index in [1.54, 1.807) is 6.92 Å². The molecule has 0 aromatic heterocycles. The van der Waals surface area contributed by atoms with Crippen LogP contribution in [0.15, 0.2) is 23.1 Å². The van der Waals surface area contributed by atoms with Crippen molar-refractivity contribution in [3.05, 3.63) is 23.8 Å². The Morgan fingerprint density at radius 3 is 2.63 bits per heavy atom. The number of benzene rings is 1. The molecule has 4 N–H and O–H groups in total. The van der Waals surface area contributed by atoms with Crippen molar-refractivity contribution < 1.29 is 23.1 Å². The summed E-state index contributed by atoms with van der Waals surface area (Å²) >= 11 is 0. The van der Waals surface area contributed by atoms with Gasteiger partial charge in [-0.2, -0.15) is 0 Å². The number of aromatic carboxylic acids is 1. The molecule has 0 fully saturated rings. The van der Waals surface area contributed by atoms with Gasteiger partial charge in [-0.15, -0.1) is 0 Å². The van der Waals surface area contributed by atoms with Crippen LogP contribution in [0.2, 0.25) is 0 Å². The van der Waals surface area contributed by atoms with E-state index in [9.17, 15) is 13.2 Å². The van der Waals surface area contributed by atoms with Crippen molar-refractivity contribution in [1.82, 2.24) is 0 Å². The predicted octanol–water partition coefficient (Wildman–Crippen LogP) is 0.479. The van der Waals surface area contributed by atoms with Crippen molar-refractivity contribution in [3.8, 4) is 0 Å². The van der Waals surface area contributed by atoms with Gasteiger partial charge in [0.1, 0.15) is 4.90 Å². The van der Waals surface area contributed by atoms with E-state index in [4.69, 9.17) is 15.0 Å². The maximum absolute atomic E-state index is 11.5. The number of hydrogen-bond donors (Lipinski definition) is 3. The SMILES string of the molecule is COC[C@@H](C)Nc1ccc(C(=O)O)cc1S(N)(=O)=O. The molecule has 0 heterocycles. The average molecular weight is 288 g/mol. The largest absolute Gasteiger partial charge is 0.478 e. The Bertz CT molecular complexity index is 570. The molecular formula is C11H16N2O5S. The smallest absolute Gasteiger partial charge is 0.335 e. The van der Waals surface area contributed by atoms with Crippen molar-refractivity contribution in [1.29, 1.82) is 0 Å². The molecule has 0 unspecified atom stereocenters. The summed E-state index contributed by atoms with van der Waals surface area (Å²) in [5.74, 6) is -1.22. The van der Waals surface area contributed by atoms with Crippen LogP contribution in [0.1, 0.15) is 17.3 Å². The molecule has 0 spiro atoms. The maximum Gasteiger partial charge on any atom is 0.335 e. The van der Waals surface area contributed by atoms with Gasteiger partial charge in [0.15, 0.2) is 0 Å². The van der Waals surface area contributed by atoms with Crippen LogP contribution in [0, 0.1) is 0 Å². The third-order valence-corrected chi connectivity index (χ3v) is 3.30. The number of hydrogen-bond acceptors (Lipinski definition) is 5. The second kappa shape index (κ2) is 6.00. The summed E-state index contributed by atoms with van der Waals surface area (Å²) in [5.41, 5.74) is 0.103. The van der Waals surface area contributed by atoms with Crippen LogP contribution in [0.25, 0.3) is 0 Å². The Kier molecular flexibility index (Phi) is 4.87. The molecule has 106 valence electrons. The van der Waals surface area contributed by atoms with Crippen molar-refractivity contribution in [2.24, 2.45) is 5.14 Å². The van der Waals surface area contributed by atoms with E-state index in [0.29, 0.717) is 6.61 Å². The summed E-state index contributed by atoms with van der Waals surface area (Å²) in [4.78, 5) is 10.6. The van der Waals surface area contributed by atoms with E-state index in [1.165, 1.54) is 19.2 Å². The average Bonchev–Trinajstić information content (AvgIpc) is 2.27. The number of rotatable bonds is 6. The Hall–Kier alpha value is -1.64. The first-order chi connectivity index (χ1) is 8.75. The first kappa shape index (κ1) is 15.4.